The summed E-state index contributed by atoms with van der Waals surface area (Å²) in [6, 6.07) is 7.09. The lowest BCUT2D eigenvalue weighted by Gasteiger charge is -2.20. The Morgan fingerprint density at radius 3 is 2.56 bits per heavy atom. The Morgan fingerprint density at radius 1 is 1.44 bits per heavy atom. The number of oxime groups is 1. The van der Waals surface area contributed by atoms with Crippen molar-refractivity contribution in [2.45, 2.75) is 13.3 Å². The van der Waals surface area contributed by atoms with Gasteiger partial charge in [0.1, 0.15) is 0 Å². The molecule has 0 heterocycles. The normalized spacial score (nSPS) is 11.3. The van der Waals surface area contributed by atoms with Crippen LogP contribution in [-0.2, 0) is 11.2 Å². The van der Waals surface area contributed by atoms with Gasteiger partial charge >= 0.3 is 0 Å². The molecule has 1 rings (SSSR count). The summed E-state index contributed by atoms with van der Waals surface area (Å²) in [4.78, 5) is 13.5. The van der Waals surface area contributed by atoms with Crippen molar-refractivity contribution in [1.29, 1.82) is 0 Å². The molecule has 6 heteroatoms. The van der Waals surface area contributed by atoms with Gasteiger partial charge in [0.15, 0.2) is 5.84 Å². The van der Waals surface area contributed by atoms with Gasteiger partial charge < -0.3 is 15.8 Å². The largest absolute Gasteiger partial charge is 0.409 e. The number of likely N-dealkylation sites (N-methyl/N-ethyl adjacent to an activating group) is 1. The van der Waals surface area contributed by atoms with E-state index in [1.54, 1.807) is 24.3 Å². The molecule has 1 aromatic rings. The molecule has 0 radical (unpaired) electrons. The first kappa shape index (κ1) is 14.3. The third kappa shape index (κ3) is 4.25. The maximum atomic E-state index is 12.0. The van der Waals surface area contributed by atoms with Crippen molar-refractivity contribution < 1.29 is 10.0 Å². The van der Waals surface area contributed by atoms with E-state index >= 15 is 0 Å². The first-order valence-electron chi connectivity index (χ1n) is 5.55. The highest BCUT2D eigenvalue weighted by molar-refractivity contribution is 6.30. The van der Waals surface area contributed by atoms with Crippen molar-refractivity contribution >= 4 is 23.3 Å². The van der Waals surface area contributed by atoms with E-state index in [-0.39, 0.29) is 24.7 Å². The molecule has 0 aliphatic carbocycles. The summed E-state index contributed by atoms with van der Waals surface area (Å²) < 4.78 is 0. The van der Waals surface area contributed by atoms with Crippen LogP contribution in [0.25, 0.3) is 0 Å². The van der Waals surface area contributed by atoms with Gasteiger partial charge in [0.25, 0.3) is 0 Å². The number of amidine groups is 1. The minimum atomic E-state index is -0.0774. The van der Waals surface area contributed by atoms with E-state index < -0.39 is 0 Å². The van der Waals surface area contributed by atoms with Crippen LogP contribution in [0.2, 0.25) is 5.02 Å². The fourth-order valence-electron chi connectivity index (χ4n) is 1.49. The average Bonchev–Trinajstić information content (AvgIpc) is 2.38. The molecular formula is C12H16ClN3O2. The van der Waals surface area contributed by atoms with E-state index in [0.29, 0.717) is 11.6 Å². The molecule has 0 atom stereocenters. The second kappa shape index (κ2) is 6.86. The van der Waals surface area contributed by atoms with Gasteiger partial charge in [0.05, 0.1) is 13.0 Å². The summed E-state index contributed by atoms with van der Waals surface area (Å²) in [5.41, 5.74) is 6.27. The summed E-state index contributed by atoms with van der Waals surface area (Å²) in [7, 11) is 0. The van der Waals surface area contributed by atoms with Crippen LogP contribution in [-0.4, -0.2) is 34.9 Å². The molecular weight excluding hydrogens is 254 g/mol. The quantitative estimate of drug-likeness (QED) is 0.368. The molecule has 0 fully saturated rings. The van der Waals surface area contributed by atoms with Crippen molar-refractivity contribution in [3.63, 3.8) is 0 Å². The number of halogens is 1. The van der Waals surface area contributed by atoms with E-state index in [2.05, 4.69) is 5.16 Å². The summed E-state index contributed by atoms with van der Waals surface area (Å²) in [5, 5.41) is 12.0. The Labute approximate surface area is 111 Å². The standard InChI is InChI=1S/C12H16ClN3O2/c1-2-16(8-11(14)15-18)12(17)7-9-3-5-10(13)6-4-9/h3-6,18H,2,7-8H2,1H3,(H2,14,15). The zero-order valence-electron chi connectivity index (χ0n) is 10.1. The maximum Gasteiger partial charge on any atom is 0.227 e. The molecule has 0 saturated heterocycles. The van der Waals surface area contributed by atoms with Crippen LogP contribution < -0.4 is 5.73 Å². The zero-order valence-corrected chi connectivity index (χ0v) is 10.9. The van der Waals surface area contributed by atoms with Crippen LogP contribution in [0.15, 0.2) is 29.4 Å². The highest BCUT2D eigenvalue weighted by Crippen LogP contribution is 2.10. The predicted molar refractivity (Wildman–Crippen MR) is 70.8 cm³/mol. The number of rotatable bonds is 5. The van der Waals surface area contributed by atoms with Crippen molar-refractivity contribution in [3.8, 4) is 0 Å². The summed E-state index contributed by atoms with van der Waals surface area (Å²) >= 11 is 5.77. The lowest BCUT2D eigenvalue weighted by molar-refractivity contribution is -0.129. The van der Waals surface area contributed by atoms with Crippen molar-refractivity contribution in [1.82, 2.24) is 4.90 Å². The number of hydrogen-bond donors (Lipinski definition) is 2. The summed E-state index contributed by atoms with van der Waals surface area (Å²) in [5.74, 6) is -0.0623. The maximum absolute atomic E-state index is 12.0. The van der Waals surface area contributed by atoms with Gasteiger partial charge in [-0.3, -0.25) is 4.79 Å². The highest BCUT2D eigenvalue weighted by Gasteiger charge is 2.13. The molecule has 1 amide bonds. The van der Waals surface area contributed by atoms with Crippen molar-refractivity contribution in [3.05, 3.63) is 34.9 Å². The average molecular weight is 270 g/mol. The third-order valence-electron chi connectivity index (χ3n) is 2.48. The fourth-order valence-corrected chi connectivity index (χ4v) is 1.62. The molecule has 5 nitrogen and oxygen atoms in total. The Balaban J connectivity index is 2.65. The number of carbonyl (C=O) groups excluding carboxylic acids is 1. The molecule has 0 aliphatic rings. The molecule has 0 bridgehead atoms. The first-order chi connectivity index (χ1) is 8.56. The number of carbonyl (C=O) groups is 1. The van der Waals surface area contributed by atoms with E-state index in [0.717, 1.165) is 5.56 Å². The minimum Gasteiger partial charge on any atom is -0.409 e. The van der Waals surface area contributed by atoms with Crippen LogP contribution >= 0.6 is 11.6 Å². The van der Waals surface area contributed by atoms with Gasteiger partial charge in [-0.2, -0.15) is 0 Å². The molecule has 0 aliphatic heterocycles. The van der Waals surface area contributed by atoms with Crippen LogP contribution in [0.5, 0.6) is 0 Å². The van der Waals surface area contributed by atoms with E-state index in [4.69, 9.17) is 22.5 Å². The van der Waals surface area contributed by atoms with Crippen molar-refractivity contribution in [2.75, 3.05) is 13.1 Å². The minimum absolute atomic E-state index is 0.0151. The number of nitrogens with two attached hydrogens (primary N) is 1. The fraction of sp³-hybridized carbons (Fsp3) is 0.333. The predicted octanol–water partition coefficient (Wildman–Crippen LogP) is 1.48. The van der Waals surface area contributed by atoms with Gasteiger partial charge in [0, 0.05) is 11.6 Å². The smallest absolute Gasteiger partial charge is 0.227 e. The van der Waals surface area contributed by atoms with E-state index in [9.17, 15) is 4.79 Å². The summed E-state index contributed by atoms with van der Waals surface area (Å²) in [6.07, 6.45) is 0.268. The van der Waals surface area contributed by atoms with Gasteiger partial charge in [0.2, 0.25) is 5.91 Å². The molecule has 98 valence electrons. The van der Waals surface area contributed by atoms with E-state index in [1.165, 1.54) is 4.90 Å². The Hall–Kier alpha value is -1.75. The number of nitrogens with zero attached hydrogens (tertiary/aromatic N) is 2. The zero-order chi connectivity index (χ0) is 13.5. The summed E-state index contributed by atoms with van der Waals surface area (Å²) in [6.45, 7) is 2.46. The van der Waals surface area contributed by atoms with Gasteiger partial charge in [-0.1, -0.05) is 28.9 Å². The van der Waals surface area contributed by atoms with Crippen LogP contribution in [0.4, 0.5) is 0 Å². The Bertz CT molecular complexity index is 431. The van der Waals surface area contributed by atoms with Gasteiger partial charge in [-0.25, -0.2) is 0 Å². The number of benzene rings is 1. The second-order valence-electron chi connectivity index (χ2n) is 3.80. The molecule has 0 spiro atoms. The Morgan fingerprint density at radius 2 is 2.06 bits per heavy atom. The SMILES string of the molecule is CCN(CC(N)=NO)C(=O)Cc1ccc(Cl)cc1. The monoisotopic (exact) mass is 269 g/mol. The number of hydrogen-bond acceptors (Lipinski definition) is 3. The Kier molecular flexibility index (Phi) is 5.45. The van der Waals surface area contributed by atoms with Crippen LogP contribution in [0.1, 0.15) is 12.5 Å². The molecule has 18 heavy (non-hydrogen) atoms. The molecule has 0 aromatic heterocycles. The lowest BCUT2D eigenvalue weighted by Crippen LogP contribution is -2.39. The van der Waals surface area contributed by atoms with Gasteiger partial charge in [-0.15, -0.1) is 0 Å². The van der Waals surface area contributed by atoms with Crippen LogP contribution in [0.3, 0.4) is 0 Å². The lowest BCUT2D eigenvalue weighted by atomic mass is 10.1. The topological polar surface area (TPSA) is 78.9 Å². The number of amides is 1. The highest BCUT2D eigenvalue weighted by atomic mass is 35.5. The molecule has 0 unspecified atom stereocenters. The van der Waals surface area contributed by atoms with Gasteiger partial charge in [-0.05, 0) is 24.6 Å². The molecule has 1 aromatic carbocycles. The second-order valence-corrected chi connectivity index (χ2v) is 4.24. The van der Waals surface area contributed by atoms with Crippen molar-refractivity contribution in [2.24, 2.45) is 10.9 Å². The first-order valence-corrected chi connectivity index (χ1v) is 5.93. The molecule has 0 saturated carbocycles. The molecule has 3 N–H and O–H groups in total. The van der Waals surface area contributed by atoms with Crippen LogP contribution in [0, 0.1) is 0 Å². The van der Waals surface area contributed by atoms with E-state index in [1.807, 2.05) is 6.92 Å². The third-order valence-corrected chi connectivity index (χ3v) is 2.74.